The largest absolute Gasteiger partial charge is 0.465 e. The average molecular weight is 486 g/mol. The third-order valence-corrected chi connectivity index (χ3v) is 7.67. The van der Waals surface area contributed by atoms with E-state index in [-0.39, 0.29) is 11.5 Å². The van der Waals surface area contributed by atoms with Crippen LogP contribution in [0, 0.1) is 5.41 Å². The summed E-state index contributed by atoms with van der Waals surface area (Å²) in [5.74, 6) is 0.630. The third kappa shape index (κ3) is 4.06. The Hall–Kier alpha value is -3.61. The smallest absolute Gasteiger partial charge is 0.407 e. The zero-order valence-corrected chi connectivity index (χ0v) is 21.7. The van der Waals surface area contributed by atoms with Crippen molar-refractivity contribution in [3.05, 3.63) is 60.1 Å². The van der Waals surface area contributed by atoms with Gasteiger partial charge in [0, 0.05) is 40.8 Å². The van der Waals surface area contributed by atoms with Gasteiger partial charge in [-0.3, -0.25) is 0 Å². The predicted molar refractivity (Wildman–Crippen MR) is 144 cm³/mol. The van der Waals surface area contributed by atoms with Crippen LogP contribution in [0.1, 0.15) is 76.0 Å². The second-order valence-electron chi connectivity index (χ2n) is 11.4. The van der Waals surface area contributed by atoms with Crippen LogP contribution in [0.15, 0.2) is 43.4 Å². The molecule has 4 heterocycles. The maximum Gasteiger partial charge on any atom is 0.407 e. The van der Waals surface area contributed by atoms with Crippen LogP contribution >= 0.6 is 0 Å². The number of carbonyl (C=O) groups is 1. The van der Waals surface area contributed by atoms with Gasteiger partial charge in [0.2, 0.25) is 0 Å². The van der Waals surface area contributed by atoms with Gasteiger partial charge in [-0.15, -0.1) is 0 Å². The molecule has 4 aromatic rings. The molecule has 36 heavy (non-hydrogen) atoms. The third-order valence-electron chi connectivity index (χ3n) is 7.67. The molecule has 0 spiro atoms. The lowest BCUT2D eigenvalue weighted by atomic mass is 9.75. The van der Waals surface area contributed by atoms with E-state index in [4.69, 9.17) is 0 Å². The number of H-pyrrole nitrogens is 1. The molecule has 1 saturated heterocycles. The van der Waals surface area contributed by atoms with Crippen molar-refractivity contribution in [2.75, 3.05) is 6.54 Å². The fourth-order valence-electron chi connectivity index (χ4n) is 5.87. The molecule has 3 aromatic heterocycles. The van der Waals surface area contributed by atoms with Crippen molar-refractivity contribution in [1.29, 1.82) is 0 Å². The van der Waals surface area contributed by atoms with E-state index in [0.717, 1.165) is 40.8 Å². The number of fused-ring (bicyclic) bond motifs is 2. The molecule has 1 amide bonds. The molecule has 7 heteroatoms. The number of hydrogen-bond donors (Lipinski definition) is 2. The van der Waals surface area contributed by atoms with Gasteiger partial charge in [-0.25, -0.2) is 14.3 Å². The summed E-state index contributed by atoms with van der Waals surface area (Å²) in [6.45, 7) is 15.4. The number of carboxylic acid groups (broad SMARTS) is 1. The van der Waals surface area contributed by atoms with Crippen molar-refractivity contribution in [3.8, 4) is 11.3 Å². The maximum atomic E-state index is 11.9. The molecule has 0 saturated carbocycles. The maximum absolute atomic E-state index is 11.9. The van der Waals surface area contributed by atoms with Crippen molar-refractivity contribution < 1.29 is 9.90 Å². The lowest BCUT2D eigenvalue weighted by molar-refractivity contribution is 0.0526. The lowest BCUT2D eigenvalue weighted by Crippen LogP contribution is -2.51. The average Bonchev–Trinajstić information content (AvgIpc) is 3.46. The number of nitrogens with zero attached hydrogens (tertiary/aromatic N) is 4. The quantitative estimate of drug-likeness (QED) is 0.329. The number of rotatable bonds is 4. The lowest BCUT2D eigenvalue weighted by Gasteiger charge is -2.44. The van der Waals surface area contributed by atoms with Crippen LogP contribution in [0.25, 0.3) is 33.9 Å². The minimum atomic E-state index is -0.815. The topological polar surface area (TPSA) is 86.5 Å². The molecule has 0 bridgehead atoms. The van der Waals surface area contributed by atoms with Crippen LogP contribution < -0.4 is 0 Å². The summed E-state index contributed by atoms with van der Waals surface area (Å²) >= 11 is 0. The molecule has 7 nitrogen and oxygen atoms in total. The molecule has 2 atom stereocenters. The second kappa shape index (κ2) is 8.80. The molecule has 188 valence electrons. The summed E-state index contributed by atoms with van der Waals surface area (Å²) in [6, 6.07) is 8.82. The number of pyridine rings is 1. The van der Waals surface area contributed by atoms with E-state index in [1.54, 1.807) is 15.7 Å². The van der Waals surface area contributed by atoms with Crippen LogP contribution in [0.4, 0.5) is 4.79 Å². The van der Waals surface area contributed by atoms with Crippen molar-refractivity contribution in [3.63, 3.8) is 0 Å². The zero-order chi connectivity index (χ0) is 25.8. The van der Waals surface area contributed by atoms with Gasteiger partial charge >= 0.3 is 6.09 Å². The summed E-state index contributed by atoms with van der Waals surface area (Å²) in [5, 5.41) is 15.4. The number of amides is 1. The van der Waals surface area contributed by atoms with E-state index in [2.05, 4.69) is 80.5 Å². The first kappa shape index (κ1) is 24.1. The Morgan fingerprint density at radius 1 is 1.28 bits per heavy atom. The van der Waals surface area contributed by atoms with Crippen LogP contribution in [-0.4, -0.2) is 48.3 Å². The fraction of sp³-hybridized carbons (Fsp3) is 0.414. The highest BCUT2D eigenvalue weighted by molar-refractivity contribution is 5.92. The first-order valence-corrected chi connectivity index (χ1v) is 12.7. The first-order chi connectivity index (χ1) is 17.1. The fourth-order valence-corrected chi connectivity index (χ4v) is 5.87. The van der Waals surface area contributed by atoms with E-state index >= 15 is 0 Å². The number of piperidine rings is 1. The molecule has 1 aromatic carbocycles. The van der Waals surface area contributed by atoms with Gasteiger partial charge in [0.25, 0.3) is 0 Å². The van der Waals surface area contributed by atoms with Gasteiger partial charge < -0.3 is 15.0 Å². The molecule has 1 fully saturated rings. The number of benzene rings is 1. The molecular weight excluding hydrogens is 450 g/mol. The van der Waals surface area contributed by atoms with Crippen molar-refractivity contribution in [2.24, 2.45) is 5.41 Å². The van der Waals surface area contributed by atoms with Gasteiger partial charge in [-0.2, -0.15) is 5.10 Å². The molecule has 2 N–H and O–H groups in total. The highest BCUT2D eigenvalue weighted by Gasteiger charge is 2.39. The van der Waals surface area contributed by atoms with Gasteiger partial charge in [-0.05, 0) is 59.4 Å². The van der Waals surface area contributed by atoms with E-state index < -0.39 is 6.09 Å². The Labute approximate surface area is 211 Å². The molecule has 0 radical (unpaired) electrons. The Morgan fingerprint density at radius 2 is 2.06 bits per heavy atom. The van der Waals surface area contributed by atoms with Crippen molar-refractivity contribution in [1.82, 2.24) is 24.5 Å². The van der Waals surface area contributed by atoms with Gasteiger partial charge in [0.05, 0.1) is 5.69 Å². The molecule has 1 aliphatic heterocycles. The monoisotopic (exact) mass is 485 g/mol. The van der Waals surface area contributed by atoms with Crippen molar-refractivity contribution >= 4 is 28.7 Å². The summed E-state index contributed by atoms with van der Waals surface area (Å²) in [7, 11) is 0. The Bertz CT molecular complexity index is 1460. The van der Waals surface area contributed by atoms with Gasteiger partial charge in [0.15, 0.2) is 5.65 Å². The van der Waals surface area contributed by atoms with Crippen LogP contribution in [0.3, 0.4) is 0 Å². The minimum Gasteiger partial charge on any atom is -0.465 e. The molecular formula is C29H35N5O2. The summed E-state index contributed by atoms with van der Waals surface area (Å²) in [4.78, 5) is 21.6. The van der Waals surface area contributed by atoms with E-state index in [1.807, 2.05) is 12.3 Å². The Kier molecular flexibility index (Phi) is 5.89. The van der Waals surface area contributed by atoms with Crippen LogP contribution in [-0.2, 0) is 0 Å². The minimum absolute atomic E-state index is 0.0115. The standard InChI is InChI=1S/C29H35N5O2/c1-7-18-12-21(15-34-27(18)30-16-31-34)26-25(17(2)3)22-13-19(8-9-23(22)32-26)20-10-11-33(28(35)36)24(14-20)29(4,5)6/h7-9,12-13,15-17,20,24,32H,1,10-11,14H2,2-6H3,(H,35,36). The highest BCUT2D eigenvalue weighted by atomic mass is 16.4. The molecule has 0 aliphatic carbocycles. The number of nitrogens with one attached hydrogen (secondary N) is 1. The Balaban J connectivity index is 1.59. The van der Waals surface area contributed by atoms with E-state index in [1.165, 1.54) is 16.5 Å². The number of aromatic amines is 1. The first-order valence-electron chi connectivity index (χ1n) is 12.7. The normalized spacial score (nSPS) is 18.9. The Morgan fingerprint density at radius 3 is 2.72 bits per heavy atom. The predicted octanol–water partition coefficient (Wildman–Crippen LogP) is 6.92. The number of aromatic nitrogens is 4. The summed E-state index contributed by atoms with van der Waals surface area (Å²) in [6.07, 6.45) is 6.25. The van der Waals surface area contributed by atoms with E-state index in [9.17, 15) is 9.90 Å². The van der Waals surface area contributed by atoms with Gasteiger partial charge in [0.1, 0.15) is 6.33 Å². The summed E-state index contributed by atoms with van der Waals surface area (Å²) < 4.78 is 1.80. The van der Waals surface area contributed by atoms with Gasteiger partial charge in [-0.1, -0.05) is 53.3 Å². The number of likely N-dealkylation sites (tertiary alicyclic amines) is 1. The molecule has 1 aliphatic rings. The number of hydrogen-bond acceptors (Lipinski definition) is 3. The van der Waals surface area contributed by atoms with Crippen LogP contribution in [0.5, 0.6) is 0 Å². The summed E-state index contributed by atoms with van der Waals surface area (Å²) in [5.41, 5.74) is 7.42. The molecule has 5 rings (SSSR count). The van der Waals surface area contributed by atoms with E-state index in [0.29, 0.717) is 18.4 Å². The van der Waals surface area contributed by atoms with Crippen molar-refractivity contribution in [2.45, 2.75) is 65.3 Å². The molecule has 2 unspecified atom stereocenters. The second-order valence-corrected chi connectivity index (χ2v) is 11.4. The zero-order valence-electron chi connectivity index (χ0n) is 21.7. The van der Waals surface area contributed by atoms with Crippen LogP contribution in [0.2, 0.25) is 0 Å². The highest BCUT2D eigenvalue weighted by Crippen LogP contribution is 2.42. The SMILES string of the molecule is C=Cc1cc(-c2[nH]c3ccc(C4CCN(C(=O)O)C(C(C)(C)C)C4)cc3c2C(C)C)cn2ncnc12.